The van der Waals surface area contributed by atoms with E-state index in [1.165, 1.54) is 10.9 Å². The highest BCUT2D eigenvalue weighted by Crippen LogP contribution is 2.23. The number of benzene rings is 1. The van der Waals surface area contributed by atoms with Crippen LogP contribution in [-0.2, 0) is 13.1 Å². The highest BCUT2D eigenvalue weighted by Gasteiger charge is 2.05. The van der Waals surface area contributed by atoms with Crippen LogP contribution in [0.25, 0.3) is 0 Å². The van der Waals surface area contributed by atoms with Crippen molar-refractivity contribution in [3.63, 3.8) is 0 Å². The van der Waals surface area contributed by atoms with Gasteiger partial charge in [0.25, 0.3) is 0 Å². The van der Waals surface area contributed by atoms with Crippen molar-refractivity contribution in [2.24, 2.45) is 0 Å². The van der Waals surface area contributed by atoms with Gasteiger partial charge in [-0.25, -0.2) is 4.39 Å². The Hall–Kier alpha value is -0.230. The summed E-state index contributed by atoms with van der Waals surface area (Å²) in [4.78, 5) is 1.25. The fraction of sp³-hybridized carbons (Fsp3) is 0.167. The third-order valence-corrected chi connectivity index (χ3v) is 5.14. The zero-order valence-corrected chi connectivity index (χ0v) is 12.8. The molecule has 0 amide bonds. The molecule has 0 saturated heterocycles. The predicted molar refractivity (Wildman–Crippen MR) is 76.7 cm³/mol. The van der Waals surface area contributed by atoms with Crippen molar-refractivity contribution in [1.82, 2.24) is 5.32 Å². The van der Waals surface area contributed by atoms with E-state index in [4.69, 9.17) is 0 Å². The lowest BCUT2D eigenvalue weighted by Crippen LogP contribution is -2.12. The third kappa shape index (κ3) is 3.37. The minimum Gasteiger partial charge on any atom is -0.308 e. The summed E-state index contributed by atoms with van der Waals surface area (Å²) in [5.74, 6) is -0.221. The average Bonchev–Trinajstić information content (AvgIpc) is 2.71. The van der Waals surface area contributed by atoms with Gasteiger partial charge in [-0.15, -0.1) is 11.3 Å². The van der Waals surface area contributed by atoms with Gasteiger partial charge in [0.05, 0.1) is 4.47 Å². The van der Waals surface area contributed by atoms with Crippen LogP contribution >= 0.6 is 43.2 Å². The molecule has 17 heavy (non-hydrogen) atoms. The zero-order valence-electron chi connectivity index (χ0n) is 8.84. The molecule has 0 aliphatic carbocycles. The van der Waals surface area contributed by atoms with Gasteiger partial charge in [-0.05, 0) is 54.9 Å². The second-order valence-electron chi connectivity index (χ2n) is 3.51. The van der Waals surface area contributed by atoms with Crippen LogP contribution in [-0.4, -0.2) is 0 Å². The van der Waals surface area contributed by atoms with E-state index < -0.39 is 0 Å². The number of hydrogen-bond donors (Lipinski definition) is 1. The number of halogens is 3. The highest BCUT2D eigenvalue weighted by molar-refractivity contribution is 9.10. The molecule has 0 aliphatic heterocycles. The fourth-order valence-electron chi connectivity index (χ4n) is 1.45. The molecular formula is C12H10Br2FNS. The van der Waals surface area contributed by atoms with E-state index in [0.29, 0.717) is 11.0 Å². The molecule has 0 bridgehead atoms. The molecule has 2 rings (SSSR count). The van der Waals surface area contributed by atoms with E-state index in [-0.39, 0.29) is 5.82 Å². The Morgan fingerprint density at radius 1 is 1.18 bits per heavy atom. The van der Waals surface area contributed by atoms with E-state index in [1.54, 1.807) is 17.4 Å². The Labute approximate surface area is 120 Å². The number of thiophene rings is 1. The number of nitrogens with one attached hydrogen (secondary N) is 1. The minimum absolute atomic E-state index is 0.221. The lowest BCUT2D eigenvalue weighted by molar-refractivity contribution is 0.612. The van der Waals surface area contributed by atoms with Crippen LogP contribution in [0.5, 0.6) is 0 Å². The molecule has 0 unspecified atom stereocenters. The summed E-state index contributed by atoms with van der Waals surface area (Å²) in [5, 5.41) is 5.34. The second-order valence-corrected chi connectivity index (χ2v) is 6.16. The van der Waals surface area contributed by atoms with Crippen molar-refractivity contribution in [3.05, 3.63) is 54.8 Å². The zero-order chi connectivity index (χ0) is 12.3. The molecule has 90 valence electrons. The van der Waals surface area contributed by atoms with E-state index >= 15 is 0 Å². The molecule has 0 aliphatic rings. The van der Waals surface area contributed by atoms with Crippen molar-refractivity contribution < 1.29 is 4.39 Å². The quantitative estimate of drug-likeness (QED) is 0.812. The first-order valence-electron chi connectivity index (χ1n) is 5.04. The summed E-state index contributed by atoms with van der Waals surface area (Å²) in [7, 11) is 0. The Balaban J connectivity index is 1.95. The number of rotatable bonds is 4. The summed E-state index contributed by atoms with van der Waals surface area (Å²) in [5.41, 5.74) is 0.928. The summed E-state index contributed by atoms with van der Waals surface area (Å²) < 4.78 is 14.9. The highest BCUT2D eigenvalue weighted by atomic mass is 79.9. The van der Waals surface area contributed by atoms with Crippen LogP contribution in [0.1, 0.15) is 10.4 Å². The van der Waals surface area contributed by atoms with Crippen molar-refractivity contribution >= 4 is 43.2 Å². The van der Waals surface area contributed by atoms with Gasteiger partial charge in [0.2, 0.25) is 0 Å². The summed E-state index contributed by atoms with van der Waals surface area (Å²) in [6.07, 6.45) is 0. The molecule has 1 N–H and O–H groups in total. The monoisotopic (exact) mass is 377 g/mol. The Bertz CT molecular complexity index is 513. The molecule has 5 heteroatoms. The summed E-state index contributed by atoms with van der Waals surface area (Å²) >= 11 is 8.43. The molecule has 0 spiro atoms. The first-order chi connectivity index (χ1) is 8.18. The van der Waals surface area contributed by atoms with Crippen LogP contribution in [0.15, 0.2) is 38.6 Å². The van der Waals surface area contributed by atoms with Gasteiger partial charge in [0.15, 0.2) is 0 Å². The maximum atomic E-state index is 13.3. The first-order valence-corrected chi connectivity index (χ1v) is 7.50. The van der Waals surface area contributed by atoms with Gasteiger partial charge in [-0.3, -0.25) is 0 Å². The topological polar surface area (TPSA) is 12.0 Å². The smallest absolute Gasteiger partial charge is 0.137 e. The van der Waals surface area contributed by atoms with Crippen LogP contribution in [0.3, 0.4) is 0 Å². The molecule has 1 aromatic carbocycles. The molecule has 0 saturated carbocycles. The molecule has 2 aromatic rings. The average molecular weight is 379 g/mol. The third-order valence-electron chi connectivity index (χ3n) is 2.32. The van der Waals surface area contributed by atoms with Crippen LogP contribution in [0.4, 0.5) is 4.39 Å². The van der Waals surface area contributed by atoms with Gasteiger partial charge in [0, 0.05) is 22.4 Å². The summed E-state index contributed by atoms with van der Waals surface area (Å²) in [6.45, 7) is 1.42. The number of hydrogen-bond acceptors (Lipinski definition) is 2. The normalized spacial score (nSPS) is 10.8. The maximum Gasteiger partial charge on any atom is 0.137 e. The molecule has 0 atom stereocenters. The Morgan fingerprint density at radius 3 is 2.71 bits per heavy atom. The van der Waals surface area contributed by atoms with Crippen molar-refractivity contribution in [3.8, 4) is 0 Å². The lowest BCUT2D eigenvalue weighted by atomic mass is 10.2. The van der Waals surface area contributed by atoms with Crippen LogP contribution in [0, 0.1) is 5.82 Å². The van der Waals surface area contributed by atoms with Crippen LogP contribution < -0.4 is 5.32 Å². The molecular weight excluding hydrogens is 369 g/mol. The van der Waals surface area contributed by atoms with E-state index in [9.17, 15) is 4.39 Å². The van der Waals surface area contributed by atoms with Crippen molar-refractivity contribution in [2.75, 3.05) is 0 Å². The van der Waals surface area contributed by atoms with Crippen LogP contribution in [0.2, 0.25) is 0 Å². The molecule has 0 radical (unpaired) electrons. The van der Waals surface area contributed by atoms with Gasteiger partial charge in [0.1, 0.15) is 5.82 Å². The molecule has 0 fully saturated rings. The van der Waals surface area contributed by atoms with Crippen molar-refractivity contribution in [2.45, 2.75) is 13.1 Å². The fourth-order valence-corrected chi connectivity index (χ4v) is 3.31. The Morgan fingerprint density at radius 2 is 2.00 bits per heavy atom. The maximum absolute atomic E-state index is 13.3. The van der Waals surface area contributed by atoms with Gasteiger partial charge < -0.3 is 5.32 Å². The lowest BCUT2D eigenvalue weighted by Gasteiger charge is -2.06. The van der Waals surface area contributed by atoms with Gasteiger partial charge >= 0.3 is 0 Å². The van der Waals surface area contributed by atoms with E-state index in [1.807, 2.05) is 17.5 Å². The summed E-state index contributed by atoms with van der Waals surface area (Å²) in [6, 6.07) is 7.10. The Kier molecular flexibility index (Phi) is 4.73. The van der Waals surface area contributed by atoms with Crippen molar-refractivity contribution in [1.29, 1.82) is 0 Å². The van der Waals surface area contributed by atoms with E-state index in [2.05, 4.69) is 37.2 Å². The van der Waals surface area contributed by atoms with E-state index in [0.717, 1.165) is 16.6 Å². The molecule has 1 nitrogen and oxygen atoms in total. The van der Waals surface area contributed by atoms with Gasteiger partial charge in [-0.2, -0.15) is 0 Å². The standard InChI is InChI=1S/C12H10Br2FNS/c13-9-4-5-17-11(9)7-16-6-8-2-1-3-10(15)12(8)14/h1-5,16H,6-7H2. The SMILES string of the molecule is Fc1cccc(CNCc2sccc2Br)c1Br. The minimum atomic E-state index is -0.221. The second kappa shape index (κ2) is 6.09. The molecule has 1 heterocycles. The first kappa shape index (κ1) is 13.2. The molecule has 1 aromatic heterocycles. The predicted octanol–water partition coefficient (Wildman–Crippen LogP) is 4.70. The largest absolute Gasteiger partial charge is 0.308 e. The van der Waals surface area contributed by atoms with Gasteiger partial charge in [-0.1, -0.05) is 12.1 Å².